The quantitative estimate of drug-likeness (QED) is 0.507. The Kier molecular flexibility index (Phi) is 6.12. The van der Waals surface area contributed by atoms with E-state index in [1.807, 2.05) is 30.3 Å². The number of nitrogens with zero attached hydrogens (tertiary/aromatic N) is 3. The Morgan fingerprint density at radius 1 is 0.781 bits per heavy atom. The standard InChI is InChI=1S/C26H28N4O2/c1-19-7-6-10-24(20(19)2)28-15-17-29(18-16-28)25(31)26(32)30(22-8-4-3-5-9-22)23-13-11-21(27)12-14-23/h3-14H,15-18,27H2,1-2H3. The van der Waals surface area contributed by atoms with Crippen LogP contribution in [0.15, 0.2) is 72.8 Å². The fourth-order valence-corrected chi connectivity index (χ4v) is 4.04. The summed E-state index contributed by atoms with van der Waals surface area (Å²) in [4.78, 5) is 32.0. The van der Waals surface area contributed by atoms with Crippen LogP contribution in [0.1, 0.15) is 11.1 Å². The average Bonchev–Trinajstić information content (AvgIpc) is 2.82. The topological polar surface area (TPSA) is 69.9 Å². The lowest BCUT2D eigenvalue weighted by Crippen LogP contribution is -2.53. The van der Waals surface area contributed by atoms with Gasteiger partial charge in [0.15, 0.2) is 0 Å². The first-order valence-electron chi connectivity index (χ1n) is 10.8. The van der Waals surface area contributed by atoms with E-state index in [0.29, 0.717) is 43.2 Å². The molecule has 0 aliphatic carbocycles. The lowest BCUT2D eigenvalue weighted by Gasteiger charge is -2.37. The molecule has 2 amide bonds. The van der Waals surface area contributed by atoms with E-state index in [1.165, 1.54) is 21.7 Å². The SMILES string of the molecule is Cc1cccc(N2CCN(C(=O)C(=O)N(c3ccccc3)c3ccc(N)cc3)CC2)c1C. The number of hydrogen-bond acceptors (Lipinski definition) is 4. The van der Waals surface area contributed by atoms with E-state index in [1.54, 1.807) is 29.2 Å². The Balaban J connectivity index is 1.52. The summed E-state index contributed by atoms with van der Waals surface area (Å²) < 4.78 is 0. The summed E-state index contributed by atoms with van der Waals surface area (Å²) >= 11 is 0. The Hall–Kier alpha value is -3.80. The lowest BCUT2D eigenvalue weighted by molar-refractivity contribution is -0.144. The molecule has 6 heteroatoms. The largest absolute Gasteiger partial charge is 0.399 e. The average molecular weight is 429 g/mol. The van der Waals surface area contributed by atoms with Gasteiger partial charge in [0.1, 0.15) is 0 Å². The molecular formula is C26H28N4O2. The summed E-state index contributed by atoms with van der Waals surface area (Å²) in [6.07, 6.45) is 0. The number of rotatable bonds is 3. The highest BCUT2D eigenvalue weighted by Crippen LogP contribution is 2.28. The molecule has 32 heavy (non-hydrogen) atoms. The highest BCUT2D eigenvalue weighted by molar-refractivity contribution is 6.42. The molecule has 0 saturated carbocycles. The van der Waals surface area contributed by atoms with E-state index in [9.17, 15) is 9.59 Å². The molecule has 0 radical (unpaired) electrons. The van der Waals surface area contributed by atoms with Crippen LogP contribution in [-0.4, -0.2) is 42.9 Å². The first kappa shape index (κ1) is 21.4. The highest BCUT2D eigenvalue weighted by Gasteiger charge is 2.31. The van der Waals surface area contributed by atoms with Gasteiger partial charge in [-0.2, -0.15) is 0 Å². The maximum absolute atomic E-state index is 13.4. The van der Waals surface area contributed by atoms with Gasteiger partial charge in [-0.1, -0.05) is 30.3 Å². The van der Waals surface area contributed by atoms with Gasteiger partial charge in [0, 0.05) is 48.9 Å². The second-order valence-electron chi connectivity index (χ2n) is 8.07. The van der Waals surface area contributed by atoms with Gasteiger partial charge in [-0.25, -0.2) is 0 Å². The van der Waals surface area contributed by atoms with Crippen LogP contribution in [0, 0.1) is 13.8 Å². The van der Waals surface area contributed by atoms with Crippen molar-refractivity contribution in [3.63, 3.8) is 0 Å². The number of anilines is 4. The predicted molar refractivity (Wildman–Crippen MR) is 129 cm³/mol. The Labute approximate surface area is 188 Å². The minimum absolute atomic E-state index is 0.494. The van der Waals surface area contributed by atoms with Crippen LogP contribution in [-0.2, 0) is 9.59 Å². The molecule has 164 valence electrons. The third kappa shape index (κ3) is 4.30. The minimum Gasteiger partial charge on any atom is -0.399 e. The molecule has 3 aromatic rings. The highest BCUT2D eigenvalue weighted by atomic mass is 16.2. The summed E-state index contributed by atoms with van der Waals surface area (Å²) in [7, 11) is 0. The van der Waals surface area contributed by atoms with Crippen molar-refractivity contribution in [3.05, 3.63) is 83.9 Å². The van der Waals surface area contributed by atoms with E-state index in [-0.39, 0.29) is 0 Å². The molecule has 1 heterocycles. The van der Waals surface area contributed by atoms with Crippen LogP contribution < -0.4 is 15.5 Å². The van der Waals surface area contributed by atoms with Crippen molar-refractivity contribution in [2.45, 2.75) is 13.8 Å². The van der Waals surface area contributed by atoms with Crippen LogP contribution in [0.25, 0.3) is 0 Å². The van der Waals surface area contributed by atoms with Crippen LogP contribution in [0.5, 0.6) is 0 Å². The summed E-state index contributed by atoms with van der Waals surface area (Å²) in [6, 6.07) is 22.5. The maximum atomic E-state index is 13.4. The van der Waals surface area contributed by atoms with Crippen molar-refractivity contribution in [2.24, 2.45) is 0 Å². The number of nitrogen functional groups attached to an aromatic ring is 1. The van der Waals surface area contributed by atoms with Crippen LogP contribution in [0.2, 0.25) is 0 Å². The molecule has 1 aliphatic heterocycles. The third-order valence-corrected chi connectivity index (χ3v) is 6.04. The predicted octanol–water partition coefficient (Wildman–Crippen LogP) is 3.90. The molecule has 1 aliphatic rings. The molecule has 3 aromatic carbocycles. The van der Waals surface area contributed by atoms with E-state index < -0.39 is 11.8 Å². The number of carbonyl (C=O) groups is 2. The lowest BCUT2D eigenvalue weighted by atomic mass is 10.1. The van der Waals surface area contributed by atoms with Crippen LogP contribution in [0.4, 0.5) is 22.7 Å². The van der Waals surface area contributed by atoms with E-state index >= 15 is 0 Å². The van der Waals surface area contributed by atoms with Crippen molar-refractivity contribution in [1.29, 1.82) is 0 Å². The summed E-state index contributed by atoms with van der Waals surface area (Å²) in [6.45, 7) is 6.61. The second-order valence-corrected chi connectivity index (χ2v) is 8.07. The van der Waals surface area contributed by atoms with Gasteiger partial charge in [0.05, 0.1) is 0 Å². The molecule has 0 bridgehead atoms. The Bertz CT molecular complexity index is 1100. The number of para-hydroxylation sites is 1. The monoisotopic (exact) mass is 428 g/mol. The summed E-state index contributed by atoms with van der Waals surface area (Å²) in [5, 5.41) is 0. The van der Waals surface area contributed by atoms with Gasteiger partial charge in [-0.05, 0) is 67.4 Å². The number of benzene rings is 3. The molecular weight excluding hydrogens is 400 g/mol. The smallest absolute Gasteiger partial charge is 0.321 e. The van der Waals surface area contributed by atoms with Gasteiger partial charge in [0.2, 0.25) is 0 Å². The van der Waals surface area contributed by atoms with Crippen LogP contribution >= 0.6 is 0 Å². The summed E-state index contributed by atoms with van der Waals surface area (Å²) in [5.74, 6) is -1.06. The van der Waals surface area contributed by atoms with Crippen molar-refractivity contribution in [3.8, 4) is 0 Å². The zero-order valence-corrected chi connectivity index (χ0v) is 18.5. The van der Waals surface area contributed by atoms with Gasteiger partial charge in [-0.15, -0.1) is 0 Å². The number of nitrogens with two attached hydrogens (primary N) is 1. The first-order chi connectivity index (χ1) is 15.5. The van der Waals surface area contributed by atoms with Crippen LogP contribution in [0.3, 0.4) is 0 Å². The van der Waals surface area contributed by atoms with Gasteiger partial charge in [0.25, 0.3) is 0 Å². The van der Waals surface area contributed by atoms with E-state index in [2.05, 4.69) is 36.9 Å². The zero-order chi connectivity index (χ0) is 22.7. The molecule has 0 aromatic heterocycles. The molecule has 1 fully saturated rings. The number of piperazine rings is 1. The number of carbonyl (C=O) groups excluding carboxylic acids is 2. The minimum atomic E-state index is -0.568. The molecule has 0 spiro atoms. The molecule has 1 saturated heterocycles. The third-order valence-electron chi connectivity index (χ3n) is 6.04. The number of amides is 2. The van der Waals surface area contributed by atoms with Gasteiger partial charge >= 0.3 is 11.8 Å². The molecule has 4 rings (SSSR count). The molecule has 6 nitrogen and oxygen atoms in total. The fraction of sp³-hybridized carbons (Fsp3) is 0.231. The zero-order valence-electron chi connectivity index (χ0n) is 18.5. The normalized spacial score (nSPS) is 13.7. The maximum Gasteiger partial charge on any atom is 0.321 e. The van der Waals surface area contributed by atoms with Crippen molar-refractivity contribution in [1.82, 2.24) is 4.90 Å². The summed E-state index contributed by atoms with van der Waals surface area (Å²) in [5.41, 5.74) is 11.4. The first-order valence-corrected chi connectivity index (χ1v) is 10.8. The van der Waals surface area contributed by atoms with Crippen molar-refractivity contribution >= 4 is 34.6 Å². The Morgan fingerprint density at radius 2 is 1.41 bits per heavy atom. The fourth-order valence-electron chi connectivity index (χ4n) is 4.04. The van der Waals surface area contributed by atoms with Gasteiger partial charge in [-0.3, -0.25) is 14.5 Å². The Morgan fingerprint density at radius 3 is 2.06 bits per heavy atom. The van der Waals surface area contributed by atoms with Crippen molar-refractivity contribution < 1.29 is 9.59 Å². The molecule has 0 unspecified atom stereocenters. The number of aryl methyl sites for hydroxylation is 1. The van der Waals surface area contributed by atoms with Gasteiger partial charge < -0.3 is 15.5 Å². The molecule has 2 N–H and O–H groups in total. The molecule has 0 atom stereocenters. The van der Waals surface area contributed by atoms with E-state index in [4.69, 9.17) is 5.73 Å². The van der Waals surface area contributed by atoms with E-state index in [0.717, 1.165) is 0 Å². The second kappa shape index (κ2) is 9.14. The number of hydrogen-bond donors (Lipinski definition) is 1. The van der Waals surface area contributed by atoms with Crippen molar-refractivity contribution in [2.75, 3.05) is 41.7 Å².